The van der Waals surface area contributed by atoms with Crippen LogP contribution in [-0.4, -0.2) is 40.3 Å². The van der Waals surface area contributed by atoms with E-state index in [9.17, 15) is 18.0 Å². The predicted octanol–water partition coefficient (Wildman–Crippen LogP) is 2.97. The monoisotopic (exact) mass is 298 g/mol. The van der Waals surface area contributed by atoms with Gasteiger partial charge in [0.15, 0.2) is 0 Å². The Morgan fingerprint density at radius 3 is 2.53 bits per heavy atom. The molecule has 1 amide bonds. The van der Waals surface area contributed by atoms with Crippen molar-refractivity contribution in [2.45, 2.75) is 57.2 Å². The molecule has 0 bridgehead atoms. The molecule has 0 spiro atoms. The van der Waals surface area contributed by atoms with Crippen LogP contribution in [0, 0.1) is 0 Å². The minimum Gasteiger partial charge on any atom is -0.325 e. The van der Waals surface area contributed by atoms with E-state index >= 15 is 0 Å². The number of rotatable bonds is 6. The Morgan fingerprint density at radius 1 is 1.42 bits per heavy atom. The van der Waals surface area contributed by atoms with Gasteiger partial charge in [-0.05, 0) is 31.5 Å². The molecule has 0 aromatic carbocycles. The quantitative estimate of drug-likeness (QED) is 0.818. The molecule has 1 N–H and O–H groups in total. The zero-order chi connectivity index (χ0) is 14.7. The second-order valence-corrected chi connectivity index (χ2v) is 6.09. The maximum absolute atomic E-state index is 12.3. The largest absolute Gasteiger partial charge is 0.441 e. The Hall–Kier alpha value is -0.430. The zero-order valence-electron chi connectivity index (χ0n) is 11.5. The minimum absolute atomic E-state index is 0.0713. The summed E-state index contributed by atoms with van der Waals surface area (Å²) in [6, 6.07) is 0. The van der Waals surface area contributed by atoms with E-state index in [4.69, 9.17) is 0 Å². The highest BCUT2D eigenvalue weighted by atomic mass is 32.2. The fourth-order valence-corrected chi connectivity index (χ4v) is 2.76. The fourth-order valence-electron chi connectivity index (χ4n) is 2.24. The van der Waals surface area contributed by atoms with Crippen LogP contribution in [0.25, 0.3) is 0 Å². The van der Waals surface area contributed by atoms with Crippen molar-refractivity contribution in [3.8, 4) is 0 Å². The maximum atomic E-state index is 12.3. The van der Waals surface area contributed by atoms with Crippen molar-refractivity contribution in [1.29, 1.82) is 0 Å². The highest BCUT2D eigenvalue weighted by Crippen LogP contribution is 2.31. The molecular weight excluding hydrogens is 277 g/mol. The second kappa shape index (κ2) is 6.35. The number of amides is 1. The van der Waals surface area contributed by atoms with Gasteiger partial charge in [0.05, 0.1) is 11.7 Å². The van der Waals surface area contributed by atoms with Crippen molar-refractivity contribution < 1.29 is 18.0 Å². The van der Waals surface area contributed by atoms with E-state index in [2.05, 4.69) is 5.32 Å². The second-order valence-electron chi connectivity index (χ2n) is 4.93. The third-order valence-corrected chi connectivity index (χ3v) is 4.18. The first-order chi connectivity index (χ1) is 8.73. The van der Waals surface area contributed by atoms with Gasteiger partial charge in [-0.15, -0.1) is 0 Å². The Labute approximate surface area is 116 Å². The molecule has 0 saturated carbocycles. The summed E-state index contributed by atoms with van der Waals surface area (Å²) < 4.78 is 36.4. The highest BCUT2D eigenvalue weighted by Gasteiger charge is 2.46. The van der Waals surface area contributed by atoms with Crippen molar-refractivity contribution in [2.75, 3.05) is 12.3 Å². The maximum Gasteiger partial charge on any atom is 0.441 e. The molecule has 7 heteroatoms. The Balaban J connectivity index is 2.64. The molecule has 1 saturated heterocycles. The number of thioether (sulfide) groups is 1. The van der Waals surface area contributed by atoms with Gasteiger partial charge in [-0.3, -0.25) is 10.1 Å². The van der Waals surface area contributed by atoms with E-state index in [1.807, 2.05) is 20.8 Å². The number of nitrogens with one attached hydrogen (secondary N) is 1. The smallest absolute Gasteiger partial charge is 0.325 e. The molecular formula is C12H21F3N2OS. The zero-order valence-corrected chi connectivity index (χ0v) is 12.3. The lowest BCUT2D eigenvalue weighted by Gasteiger charge is -2.23. The van der Waals surface area contributed by atoms with E-state index < -0.39 is 11.0 Å². The Kier molecular flexibility index (Phi) is 5.55. The molecule has 3 nitrogen and oxygen atoms in total. The Bertz CT molecular complexity index is 325. The average molecular weight is 298 g/mol. The van der Waals surface area contributed by atoms with Gasteiger partial charge in [0.1, 0.15) is 0 Å². The molecule has 1 heterocycles. The highest BCUT2D eigenvalue weighted by molar-refractivity contribution is 8.00. The van der Waals surface area contributed by atoms with Gasteiger partial charge in [0, 0.05) is 12.3 Å². The first kappa shape index (κ1) is 16.6. The van der Waals surface area contributed by atoms with Crippen LogP contribution >= 0.6 is 11.8 Å². The first-order valence-corrected chi connectivity index (χ1v) is 7.51. The van der Waals surface area contributed by atoms with Crippen molar-refractivity contribution in [3.05, 3.63) is 0 Å². The molecule has 0 aromatic rings. The third-order valence-electron chi connectivity index (χ3n) is 3.46. The third kappa shape index (κ3) is 4.27. The van der Waals surface area contributed by atoms with Crippen LogP contribution in [0.15, 0.2) is 0 Å². The predicted molar refractivity (Wildman–Crippen MR) is 70.8 cm³/mol. The summed E-state index contributed by atoms with van der Waals surface area (Å²) in [6.07, 6.45) is 2.14. The molecule has 1 rings (SSSR count). The summed E-state index contributed by atoms with van der Waals surface area (Å²) in [4.78, 5) is 13.8. The number of hydrogen-bond acceptors (Lipinski definition) is 3. The molecule has 1 aliphatic heterocycles. The number of carbonyl (C=O) groups is 1. The average Bonchev–Trinajstić information content (AvgIpc) is 2.53. The molecule has 0 aromatic heterocycles. The molecule has 112 valence electrons. The molecule has 1 aliphatic rings. The van der Waals surface area contributed by atoms with Gasteiger partial charge >= 0.3 is 5.51 Å². The van der Waals surface area contributed by atoms with E-state index in [1.54, 1.807) is 4.90 Å². The standard InChI is InChI=1S/C12H21F3N2OS/c1-4-6-9-16-11(3,5-2)10(18)17(9)7-8-19-12(13,14)15/h9,16H,4-8H2,1-3H3. The van der Waals surface area contributed by atoms with Crippen LogP contribution in [0.5, 0.6) is 0 Å². The molecule has 2 unspecified atom stereocenters. The number of halogens is 3. The molecule has 2 atom stereocenters. The van der Waals surface area contributed by atoms with Crippen LogP contribution < -0.4 is 5.32 Å². The lowest BCUT2D eigenvalue weighted by atomic mass is 9.99. The lowest BCUT2D eigenvalue weighted by Crippen LogP contribution is -2.43. The van der Waals surface area contributed by atoms with Crippen LogP contribution in [0.2, 0.25) is 0 Å². The van der Waals surface area contributed by atoms with E-state index in [0.717, 1.165) is 12.8 Å². The minimum atomic E-state index is -4.23. The fraction of sp³-hybridized carbons (Fsp3) is 0.917. The van der Waals surface area contributed by atoms with Gasteiger partial charge in [-0.25, -0.2) is 0 Å². The topological polar surface area (TPSA) is 32.3 Å². The van der Waals surface area contributed by atoms with E-state index in [0.29, 0.717) is 6.42 Å². The molecule has 1 fully saturated rings. The number of nitrogens with zero attached hydrogens (tertiary/aromatic N) is 1. The summed E-state index contributed by atoms with van der Waals surface area (Å²) in [5.41, 5.74) is -4.87. The SMILES string of the molecule is CCCC1NC(C)(CC)C(=O)N1CCSC(F)(F)F. The summed E-state index contributed by atoms with van der Waals surface area (Å²) >= 11 is -0.0713. The Morgan fingerprint density at radius 2 is 2.05 bits per heavy atom. The summed E-state index contributed by atoms with van der Waals surface area (Å²) in [6.45, 7) is 5.85. The van der Waals surface area contributed by atoms with E-state index in [1.165, 1.54) is 0 Å². The van der Waals surface area contributed by atoms with Gasteiger partial charge in [0.25, 0.3) is 0 Å². The van der Waals surface area contributed by atoms with Crippen LogP contribution in [-0.2, 0) is 4.79 Å². The first-order valence-electron chi connectivity index (χ1n) is 6.53. The number of hydrogen-bond donors (Lipinski definition) is 1. The van der Waals surface area contributed by atoms with Crippen molar-refractivity contribution in [2.24, 2.45) is 0 Å². The number of carbonyl (C=O) groups excluding carboxylic acids is 1. The van der Waals surface area contributed by atoms with Crippen LogP contribution in [0.3, 0.4) is 0 Å². The van der Waals surface area contributed by atoms with Gasteiger partial charge in [0.2, 0.25) is 5.91 Å². The van der Waals surface area contributed by atoms with Crippen molar-refractivity contribution >= 4 is 17.7 Å². The van der Waals surface area contributed by atoms with Gasteiger partial charge in [-0.1, -0.05) is 20.3 Å². The summed E-state index contributed by atoms with van der Waals surface area (Å²) in [5.74, 6) is -0.201. The van der Waals surface area contributed by atoms with Gasteiger partial charge in [-0.2, -0.15) is 13.2 Å². The summed E-state index contributed by atoms with van der Waals surface area (Å²) in [7, 11) is 0. The molecule has 0 aliphatic carbocycles. The van der Waals surface area contributed by atoms with Crippen LogP contribution in [0.4, 0.5) is 13.2 Å². The number of alkyl halides is 3. The normalized spacial score (nSPS) is 28.2. The molecule has 0 radical (unpaired) electrons. The van der Waals surface area contributed by atoms with Crippen LogP contribution in [0.1, 0.15) is 40.0 Å². The van der Waals surface area contributed by atoms with E-state index in [-0.39, 0.29) is 36.1 Å². The lowest BCUT2D eigenvalue weighted by molar-refractivity contribution is -0.132. The van der Waals surface area contributed by atoms with Crippen molar-refractivity contribution in [3.63, 3.8) is 0 Å². The summed E-state index contributed by atoms with van der Waals surface area (Å²) in [5, 5.41) is 3.25. The molecule has 19 heavy (non-hydrogen) atoms. The van der Waals surface area contributed by atoms with Gasteiger partial charge < -0.3 is 4.90 Å². The van der Waals surface area contributed by atoms with Crippen molar-refractivity contribution in [1.82, 2.24) is 10.2 Å².